The molecule has 0 spiro atoms. The third-order valence-electron chi connectivity index (χ3n) is 6.09. The molecule has 0 bridgehead atoms. The van der Waals surface area contributed by atoms with Crippen LogP contribution < -0.4 is 4.74 Å². The first-order valence-corrected chi connectivity index (χ1v) is 12.4. The van der Waals surface area contributed by atoms with Gasteiger partial charge in [0.05, 0.1) is 13.2 Å². The zero-order valence-electron chi connectivity index (χ0n) is 18.8. The molecule has 1 aliphatic carbocycles. The summed E-state index contributed by atoms with van der Waals surface area (Å²) in [5.41, 5.74) is 0.836. The van der Waals surface area contributed by atoms with Gasteiger partial charge >= 0.3 is 0 Å². The molecule has 0 radical (unpaired) electrons. The molecule has 31 heavy (non-hydrogen) atoms. The van der Waals surface area contributed by atoms with Crippen molar-refractivity contribution in [1.82, 2.24) is 9.21 Å². The van der Waals surface area contributed by atoms with Gasteiger partial charge in [-0.3, -0.25) is 4.79 Å². The Bertz CT molecular complexity index is 926. The first kappa shape index (κ1) is 23.8. The maximum Gasteiger partial charge on any atom is 0.247 e. The average Bonchev–Trinajstić information content (AvgIpc) is 3.54. The number of fused-ring (bicyclic) bond motifs is 1. The summed E-state index contributed by atoms with van der Waals surface area (Å²) in [5, 5.41) is 9.70. The molecule has 1 N–H and O–H groups in total. The van der Waals surface area contributed by atoms with E-state index in [0.29, 0.717) is 18.9 Å². The van der Waals surface area contributed by atoms with Crippen molar-refractivity contribution < 1.29 is 23.1 Å². The number of allylic oxidation sites excluding steroid dienone is 1. The van der Waals surface area contributed by atoms with Crippen molar-refractivity contribution >= 4 is 22.0 Å². The lowest BCUT2D eigenvalue weighted by Gasteiger charge is -2.37. The van der Waals surface area contributed by atoms with Crippen LogP contribution in [0.15, 0.2) is 29.2 Å². The van der Waals surface area contributed by atoms with E-state index in [2.05, 4.69) is 0 Å². The lowest BCUT2D eigenvalue weighted by Crippen LogP contribution is -2.50. The number of carbonyl (C=O) groups excluding carboxylic acids is 1. The van der Waals surface area contributed by atoms with Crippen molar-refractivity contribution in [2.24, 2.45) is 11.8 Å². The highest BCUT2D eigenvalue weighted by molar-refractivity contribution is 7.89. The number of rotatable bonds is 7. The molecule has 1 fully saturated rings. The summed E-state index contributed by atoms with van der Waals surface area (Å²) in [5.74, 6) is 0.695. The van der Waals surface area contributed by atoms with E-state index in [4.69, 9.17) is 4.74 Å². The molecule has 1 aromatic carbocycles. The van der Waals surface area contributed by atoms with Crippen molar-refractivity contribution in [2.75, 3.05) is 26.7 Å². The molecule has 172 valence electrons. The van der Waals surface area contributed by atoms with Crippen molar-refractivity contribution in [3.63, 3.8) is 0 Å². The van der Waals surface area contributed by atoms with Crippen LogP contribution in [0.25, 0.3) is 6.08 Å². The summed E-state index contributed by atoms with van der Waals surface area (Å²) in [6.45, 7) is 5.82. The molecule has 3 rings (SSSR count). The topological polar surface area (TPSA) is 87.2 Å². The third kappa shape index (κ3) is 5.48. The molecule has 1 heterocycles. The molecule has 1 saturated carbocycles. The molecule has 8 heteroatoms. The van der Waals surface area contributed by atoms with Gasteiger partial charge in [-0.1, -0.05) is 25.1 Å². The molecule has 1 amide bonds. The number of nitrogens with zero attached hydrogens (tertiary/aromatic N) is 2. The molecule has 7 nitrogen and oxygen atoms in total. The Hall–Kier alpha value is -1.90. The maximum atomic E-state index is 13.4. The summed E-state index contributed by atoms with van der Waals surface area (Å²) in [4.78, 5) is 14.3. The van der Waals surface area contributed by atoms with Crippen LogP contribution >= 0.6 is 0 Å². The number of carbonyl (C=O) groups is 1. The molecule has 0 saturated heterocycles. The van der Waals surface area contributed by atoms with Gasteiger partial charge in [0, 0.05) is 32.0 Å². The van der Waals surface area contributed by atoms with Crippen LogP contribution in [0, 0.1) is 11.8 Å². The van der Waals surface area contributed by atoms with Crippen molar-refractivity contribution in [2.45, 2.75) is 57.1 Å². The highest BCUT2D eigenvalue weighted by Crippen LogP contribution is 2.35. The Morgan fingerprint density at radius 3 is 2.71 bits per heavy atom. The Morgan fingerprint density at radius 1 is 1.39 bits per heavy atom. The van der Waals surface area contributed by atoms with Gasteiger partial charge < -0.3 is 14.7 Å². The highest BCUT2D eigenvalue weighted by atomic mass is 32.2. The van der Waals surface area contributed by atoms with Gasteiger partial charge in [-0.05, 0) is 50.3 Å². The van der Waals surface area contributed by atoms with Crippen LogP contribution in [0.4, 0.5) is 0 Å². The van der Waals surface area contributed by atoms with Crippen LogP contribution in [-0.4, -0.2) is 67.5 Å². The van der Waals surface area contributed by atoms with E-state index in [1.807, 2.05) is 26.0 Å². The average molecular weight is 451 g/mol. The van der Waals surface area contributed by atoms with Crippen LogP contribution in [-0.2, 0) is 14.8 Å². The van der Waals surface area contributed by atoms with Crippen LogP contribution in [0.2, 0.25) is 0 Å². The number of ether oxygens (including phenoxy) is 1. The van der Waals surface area contributed by atoms with Crippen molar-refractivity contribution in [1.29, 1.82) is 0 Å². The van der Waals surface area contributed by atoms with E-state index in [1.54, 1.807) is 37.1 Å². The summed E-state index contributed by atoms with van der Waals surface area (Å²) < 4.78 is 34.5. The quantitative estimate of drug-likeness (QED) is 0.690. The highest BCUT2D eigenvalue weighted by Gasteiger charge is 2.38. The predicted octanol–water partition coefficient (Wildman–Crippen LogP) is 2.75. The fraction of sp³-hybridized carbons (Fsp3) is 0.609. The summed E-state index contributed by atoms with van der Waals surface area (Å²) >= 11 is 0. The maximum absolute atomic E-state index is 13.4. The van der Waals surface area contributed by atoms with E-state index < -0.39 is 16.1 Å². The minimum absolute atomic E-state index is 0.0879. The SMILES string of the molecule is C/C=C/c1ccc2c(c1)O[C@H](CN(C)C(=O)CC1CC1)[C@H](C)CN([C@@H](C)CO)S2(=O)=O. The fourth-order valence-electron chi connectivity index (χ4n) is 3.85. The number of amides is 1. The van der Waals surface area contributed by atoms with Crippen LogP contribution in [0.3, 0.4) is 0 Å². The van der Waals surface area contributed by atoms with Crippen molar-refractivity contribution in [3.8, 4) is 5.75 Å². The molecule has 3 atom stereocenters. The van der Waals surface area contributed by atoms with Crippen LogP contribution in [0.1, 0.15) is 45.6 Å². The minimum Gasteiger partial charge on any atom is -0.487 e. The van der Waals surface area contributed by atoms with Gasteiger partial charge in [-0.25, -0.2) is 8.42 Å². The van der Waals surface area contributed by atoms with Crippen molar-refractivity contribution in [3.05, 3.63) is 29.8 Å². The number of hydrogen-bond donors (Lipinski definition) is 1. The summed E-state index contributed by atoms with van der Waals surface area (Å²) in [7, 11) is -2.07. The van der Waals surface area contributed by atoms with E-state index in [0.717, 1.165) is 18.4 Å². The molecule has 0 unspecified atom stereocenters. The summed E-state index contributed by atoms with van der Waals surface area (Å²) in [6, 6.07) is 4.47. The Balaban J connectivity index is 1.97. The number of hydrogen-bond acceptors (Lipinski definition) is 5. The monoisotopic (exact) mass is 450 g/mol. The molecule has 1 aliphatic heterocycles. The van der Waals surface area contributed by atoms with Crippen LogP contribution in [0.5, 0.6) is 5.75 Å². The Morgan fingerprint density at radius 2 is 2.10 bits per heavy atom. The molecule has 1 aromatic rings. The largest absolute Gasteiger partial charge is 0.487 e. The second-order valence-corrected chi connectivity index (χ2v) is 10.7. The van der Waals surface area contributed by atoms with Gasteiger partial charge in [0.25, 0.3) is 0 Å². The van der Waals surface area contributed by atoms with E-state index in [-0.39, 0.29) is 41.7 Å². The second-order valence-electron chi connectivity index (χ2n) is 8.87. The van der Waals surface area contributed by atoms with E-state index in [1.165, 1.54) is 4.31 Å². The van der Waals surface area contributed by atoms with Gasteiger partial charge in [0.15, 0.2) is 0 Å². The lowest BCUT2D eigenvalue weighted by molar-refractivity contribution is -0.131. The summed E-state index contributed by atoms with van der Waals surface area (Å²) in [6.07, 6.45) is 6.17. The predicted molar refractivity (Wildman–Crippen MR) is 120 cm³/mol. The molecular weight excluding hydrogens is 416 g/mol. The van der Waals surface area contributed by atoms with Gasteiger partial charge in [-0.15, -0.1) is 0 Å². The minimum atomic E-state index is -3.85. The standard InChI is InChI=1S/C23H34N2O5S/c1-5-6-18-9-10-22-20(11-18)30-21(14-24(4)23(27)12-19-7-8-19)16(2)13-25(17(3)15-26)31(22,28)29/h5-6,9-11,16-17,19,21,26H,7-8,12-15H2,1-4H3/b6-5+/t16-,17+,21-/m1/s1. The van der Waals surface area contributed by atoms with E-state index in [9.17, 15) is 18.3 Å². The number of sulfonamides is 1. The normalized spacial score (nSPS) is 24.7. The smallest absolute Gasteiger partial charge is 0.247 e. The zero-order chi connectivity index (χ0) is 22.8. The lowest BCUT2D eigenvalue weighted by atomic mass is 10.0. The number of aliphatic hydroxyl groups is 1. The Kier molecular flexibility index (Phi) is 7.44. The van der Waals surface area contributed by atoms with Gasteiger partial charge in [-0.2, -0.15) is 4.31 Å². The molecule has 2 aliphatic rings. The van der Waals surface area contributed by atoms with Gasteiger partial charge in [0.1, 0.15) is 16.7 Å². The zero-order valence-corrected chi connectivity index (χ0v) is 19.6. The molecule has 0 aromatic heterocycles. The first-order chi connectivity index (χ1) is 14.7. The Labute approximate surface area is 185 Å². The first-order valence-electron chi connectivity index (χ1n) is 11.0. The molecular formula is C23H34N2O5S. The second kappa shape index (κ2) is 9.71. The number of aliphatic hydroxyl groups excluding tert-OH is 1. The number of benzene rings is 1. The third-order valence-corrected chi connectivity index (χ3v) is 8.11. The fourth-order valence-corrected chi connectivity index (χ4v) is 5.68. The number of likely N-dealkylation sites (N-methyl/N-ethyl adjacent to an activating group) is 1. The van der Waals surface area contributed by atoms with E-state index >= 15 is 0 Å². The van der Waals surface area contributed by atoms with Gasteiger partial charge in [0.2, 0.25) is 15.9 Å².